The maximum absolute atomic E-state index is 13.1. The van der Waals surface area contributed by atoms with Gasteiger partial charge in [0.1, 0.15) is 11.5 Å². The predicted molar refractivity (Wildman–Crippen MR) is 165 cm³/mol. The van der Waals surface area contributed by atoms with E-state index in [0.717, 1.165) is 19.3 Å². The van der Waals surface area contributed by atoms with Crippen LogP contribution in [0.1, 0.15) is 135 Å². The lowest BCUT2D eigenvalue weighted by Gasteiger charge is -2.19. The monoisotopic (exact) mass is 558 g/mol. The smallest absolute Gasteiger partial charge is 0.347 e. The summed E-state index contributed by atoms with van der Waals surface area (Å²) in [6.45, 7) is 6.44. The highest BCUT2D eigenvalue weighted by Crippen LogP contribution is 2.23. The number of hydrogen-bond acceptors (Lipinski definition) is 4. The lowest BCUT2D eigenvalue weighted by Crippen LogP contribution is -2.31. The Labute approximate surface area is 240 Å². The molecule has 1 unspecified atom stereocenters. The van der Waals surface area contributed by atoms with Gasteiger partial charge in [-0.15, -0.1) is 0 Å². The third kappa shape index (κ3) is 14.3. The van der Waals surface area contributed by atoms with Crippen LogP contribution in [0.2, 0.25) is 0 Å². The van der Waals surface area contributed by atoms with Crippen LogP contribution in [0.15, 0.2) is 48.5 Å². The van der Waals surface area contributed by atoms with Crippen molar-refractivity contribution < 1.29 is 17.3 Å². The van der Waals surface area contributed by atoms with Gasteiger partial charge < -0.3 is 8.92 Å². The molecule has 0 spiro atoms. The zero-order valence-electron chi connectivity index (χ0n) is 25.0. The van der Waals surface area contributed by atoms with Crippen LogP contribution in [0, 0.1) is 0 Å². The minimum absolute atomic E-state index is 0.341. The number of benzene rings is 2. The van der Waals surface area contributed by atoms with E-state index in [4.69, 9.17) is 8.92 Å². The van der Waals surface area contributed by atoms with Crippen molar-refractivity contribution in [3.05, 3.63) is 59.7 Å². The summed E-state index contributed by atoms with van der Waals surface area (Å²) in [5.74, 6) is 0.905. The van der Waals surface area contributed by atoms with Crippen molar-refractivity contribution in [1.82, 2.24) is 0 Å². The number of hydrogen-bond donors (Lipinski definition) is 0. The molecule has 0 heterocycles. The number of rotatable bonds is 23. The second kappa shape index (κ2) is 20.0. The molecule has 0 aromatic heterocycles. The highest BCUT2D eigenvalue weighted by Gasteiger charge is 2.29. The first-order valence-corrected chi connectivity index (χ1v) is 17.2. The van der Waals surface area contributed by atoms with Crippen LogP contribution in [0.5, 0.6) is 11.5 Å². The molecule has 39 heavy (non-hydrogen) atoms. The Bertz CT molecular complexity index is 967. The van der Waals surface area contributed by atoms with E-state index in [1.54, 1.807) is 12.1 Å². The van der Waals surface area contributed by atoms with E-state index in [-0.39, 0.29) is 0 Å². The fourth-order valence-corrected chi connectivity index (χ4v) is 6.10. The van der Waals surface area contributed by atoms with Crippen LogP contribution >= 0.6 is 0 Å². The predicted octanol–water partition coefficient (Wildman–Crippen LogP) is 10.2. The summed E-state index contributed by atoms with van der Waals surface area (Å²) >= 11 is 0. The highest BCUT2D eigenvalue weighted by molar-refractivity contribution is 7.87. The molecule has 2 rings (SSSR count). The minimum atomic E-state index is -3.94. The van der Waals surface area contributed by atoms with Gasteiger partial charge in [-0.1, -0.05) is 129 Å². The van der Waals surface area contributed by atoms with Gasteiger partial charge in [0.25, 0.3) is 0 Å². The lowest BCUT2D eigenvalue weighted by molar-refractivity contribution is 0.247. The van der Waals surface area contributed by atoms with Gasteiger partial charge in [0.2, 0.25) is 5.44 Å². The minimum Gasteiger partial charge on any atom is -0.471 e. The average Bonchev–Trinajstić information content (AvgIpc) is 2.93. The second-order valence-electron chi connectivity index (χ2n) is 10.9. The molecule has 0 saturated heterocycles. The summed E-state index contributed by atoms with van der Waals surface area (Å²) < 4.78 is 37.6. The largest absolute Gasteiger partial charge is 0.471 e. The third-order valence-electron chi connectivity index (χ3n) is 7.31. The van der Waals surface area contributed by atoms with Crippen molar-refractivity contribution >= 4 is 10.1 Å². The van der Waals surface area contributed by atoms with Crippen LogP contribution in [0.3, 0.4) is 0 Å². The van der Waals surface area contributed by atoms with E-state index >= 15 is 0 Å². The summed E-state index contributed by atoms with van der Waals surface area (Å²) in [5.41, 5.74) is 1.44. The van der Waals surface area contributed by atoms with Gasteiger partial charge in [-0.25, -0.2) is 0 Å². The van der Waals surface area contributed by atoms with Gasteiger partial charge in [-0.05, 0) is 61.1 Å². The zero-order valence-corrected chi connectivity index (χ0v) is 25.8. The van der Waals surface area contributed by atoms with Crippen LogP contribution in [-0.4, -0.2) is 13.9 Å². The van der Waals surface area contributed by atoms with E-state index < -0.39 is 15.6 Å². The van der Waals surface area contributed by atoms with Crippen molar-refractivity contribution in [1.29, 1.82) is 0 Å². The lowest BCUT2D eigenvalue weighted by atomic mass is 10.0. The summed E-state index contributed by atoms with van der Waals surface area (Å²) in [4.78, 5) is 0. The topological polar surface area (TPSA) is 52.6 Å². The number of unbranched alkanes of at least 4 members (excludes halogenated alkanes) is 12. The third-order valence-corrected chi connectivity index (χ3v) is 8.71. The van der Waals surface area contributed by atoms with Gasteiger partial charge >= 0.3 is 10.1 Å². The molecule has 4 nitrogen and oxygen atoms in total. The first kappa shape index (κ1) is 33.2. The van der Waals surface area contributed by atoms with Gasteiger partial charge in [0.15, 0.2) is 0 Å². The Morgan fingerprint density at radius 3 is 1.38 bits per heavy atom. The molecule has 1 atom stereocenters. The Balaban J connectivity index is 1.81. The number of ether oxygens (including phenoxy) is 1. The molecule has 0 aliphatic heterocycles. The van der Waals surface area contributed by atoms with Gasteiger partial charge in [0.05, 0.1) is 0 Å². The molecule has 0 aliphatic carbocycles. The summed E-state index contributed by atoms with van der Waals surface area (Å²) in [7, 11) is -3.94. The van der Waals surface area contributed by atoms with Crippen molar-refractivity contribution in [2.24, 2.45) is 0 Å². The number of aryl methyl sites for hydroxylation is 2. The first-order chi connectivity index (χ1) is 19.0. The van der Waals surface area contributed by atoms with Crippen molar-refractivity contribution in [2.75, 3.05) is 0 Å². The molecule has 220 valence electrons. The molecule has 5 heteroatoms. The van der Waals surface area contributed by atoms with Crippen molar-refractivity contribution in [3.63, 3.8) is 0 Å². The van der Waals surface area contributed by atoms with Crippen molar-refractivity contribution in [3.8, 4) is 11.5 Å². The summed E-state index contributed by atoms with van der Waals surface area (Å²) in [6, 6.07) is 15.3. The summed E-state index contributed by atoms with van der Waals surface area (Å²) in [6.07, 6.45) is 21.1. The maximum atomic E-state index is 13.1. The van der Waals surface area contributed by atoms with Gasteiger partial charge in [-0.2, -0.15) is 8.42 Å². The Morgan fingerprint density at radius 2 is 0.949 bits per heavy atom. The molecule has 2 aromatic carbocycles. The maximum Gasteiger partial charge on any atom is 0.347 e. The van der Waals surface area contributed by atoms with Crippen molar-refractivity contribution in [2.45, 2.75) is 142 Å². The van der Waals surface area contributed by atoms with Crippen LogP contribution < -0.4 is 8.92 Å². The molecule has 0 radical (unpaired) electrons. The highest BCUT2D eigenvalue weighted by atomic mass is 32.2. The molecule has 0 saturated carbocycles. The van der Waals surface area contributed by atoms with E-state index in [2.05, 4.69) is 13.8 Å². The fraction of sp³-hybridized carbons (Fsp3) is 0.647. The van der Waals surface area contributed by atoms with Crippen LogP contribution in [0.4, 0.5) is 0 Å². The van der Waals surface area contributed by atoms with Gasteiger partial charge in [0, 0.05) is 6.42 Å². The molecule has 0 N–H and O–H groups in total. The molecule has 2 aromatic rings. The molecule has 0 aliphatic rings. The van der Waals surface area contributed by atoms with Gasteiger partial charge in [-0.3, -0.25) is 0 Å². The molecule has 0 bridgehead atoms. The zero-order chi connectivity index (χ0) is 28.2. The standard InChI is InChI=1S/C34H54O4S/c1-4-7-9-11-13-15-17-20-30-22-26-32(27-23-30)37-34(19-6-3)39(35,36)38-33-28-24-31(25-29-33)21-18-16-14-12-10-8-5-2/h22-29,34H,4-21H2,1-3H3. The van der Waals surface area contributed by atoms with E-state index in [1.165, 1.54) is 94.6 Å². The Kier molecular flexibility index (Phi) is 17.0. The molecular weight excluding hydrogens is 504 g/mol. The normalized spacial score (nSPS) is 12.4. The second-order valence-corrected chi connectivity index (χ2v) is 12.6. The Hall–Kier alpha value is -2.01. The van der Waals surface area contributed by atoms with E-state index in [9.17, 15) is 8.42 Å². The molecular formula is C34H54O4S. The van der Waals surface area contributed by atoms with E-state index in [1.807, 2.05) is 43.3 Å². The first-order valence-electron chi connectivity index (χ1n) is 15.8. The SMILES string of the molecule is CCCCCCCCCc1ccc(OC(CCC)S(=O)(=O)Oc2ccc(CCCCCCCCC)cc2)cc1. The van der Waals surface area contributed by atoms with Crippen LogP contribution in [0.25, 0.3) is 0 Å². The van der Waals surface area contributed by atoms with Crippen LogP contribution in [-0.2, 0) is 23.0 Å². The fourth-order valence-electron chi connectivity index (χ4n) is 4.86. The van der Waals surface area contributed by atoms with E-state index in [0.29, 0.717) is 24.3 Å². The summed E-state index contributed by atoms with van der Waals surface area (Å²) in [5, 5.41) is 0. The Morgan fingerprint density at radius 1 is 0.538 bits per heavy atom. The average molecular weight is 559 g/mol. The molecule has 0 amide bonds. The quantitative estimate of drug-likeness (QED) is 0.101. The molecule has 0 fully saturated rings.